The van der Waals surface area contributed by atoms with E-state index in [0.717, 1.165) is 51.4 Å². The van der Waals surface area contributed by atoms with E-state index in [1.165, 1.54) is 12.0 Å². The van der Waals surface area contributed by atoms with Gasteiger partial charge in [0.25, 0.3) is 0 Å². The molecular formula is C23H42O4. The molecule has 1 aliphatic rings. The molecule has 4 atom stereocenters. The van der Waals surface area contributed by atoms with Crippen LogP contribution in [0.4, 0.5) is 0 Å². The standard InChI is InChI=1S/C23H42O4/c1-5-9-15-25-21(18-19-13-12-14-19)23(27-17-11-7-3)22(20(24)8-4)26-16-10-6-2/h8,18,20-24H,4-7,9-17H2,1-3H3/t20?,21?,22-,23?/m1/s1. The summed E-state index contributed by atoms with van der Waals surface area (Å²) >= 11 is 0. The lowest BCUT2D eigenvalue weighted by molar-refractivity contribution is -0.151. The molecule has 0 aromatic heterocycles. The van der Waals surface area contributed by atoms with Gasteiger partial charge in [0.2, 0.25) is 0 Å². The van der Waals surface area contributed by atoms with E-state index >= 15 is 0 Å². The summed E-state index contributed by atoms with van der Waals surface area (Å²) < 4.78 is 18.6. The molecule has 158 valence electrons. The van der Waals surface area contributed by atoms with Crippen LogP contribution in [0.25, 0.3) is 0 Å². The van der Waals surface area contributed by atoms with Crippen LogP contribution in [-0.2, 0) is 14.2 Å². The lowest BCUT2D eigenvalue weighted by atomic mass is 9.89. The van der Waals surface area contributed by atoms with Crippen LogP contribution in [0.15, 0.2) is 24.3 Å². The van der Waals surface area contributed by atoms with E-state index in [0.29, 0.717) is 19.8 Å². The fourth-order valence-corrected chi connectivity index (χ4v) is 3.01. The monoisotopic (exact) mass is 382 g/mol. The maximum atomic E-state index is 10.6. The lowest BCUT2D eigenvalue weighted by Crippen LogP contribution is -2.48. The second-order valence-corrected chi connectivity index (χ2v) is 7.47. The number of unbranched alkanes of at least 4 members (excludes halogenated alkanes) is 3. The van der Waals surface area contributed by atoms with Crippen molar-refractivity contribution in [2.45, 2.75) is 103 Å². The summed E-state index contributed by atoms with van der Waals surface area (Å²) in [7, 11) is 0. The third-order valence-electron chi connectivity index (χ3n) is 5.05. The molecule has 0 aromatic rings. The van der Waals surface area contributed by atoms with E-state index in [2.05, 4.69) is 33.4 Å². The Bertz CT molecular complexity index is 401. The molecule has 3 unspecified atom stereocenters. The highest BCUT2D eigenvalue weighted by atomic mass is 16.6. The molecule has 4 heteroatoms. The van der Waals surface area contributed by atoms with Gasteiger partial charge in [0.15, 0.2) is 0 Å². The predicted octanol–water partition coefficient (Wildman–Crippen LogP) is 5.20. The number of hydrogen-bond acceptors (Lipinski definition) is 4. The number of allylic oxidation sites excluding steroid dienone is 1. The van der Waals surface area contributed by atoms with E-state index in [1.54, 1.807) is 6.08 Å². The summed E-state index contributed by atoms with van der Waals surface area (Å²) in [5, 5.41) is 10.6. The van der Waals surface area contributed by atoms with Crippen LogP contribution in [0, 0.1) is 0 Å². The summed E-state index contributed by atoms with van der Waals surface area (Å²) in [6.07, 6.45) is 11.7. The van der Waals surface area contributed by atoms with E-state index in [1.807, 2.05) is 0 Å². The minimum absolute atomic E-state index is 0.190. The van der Waals surface area contributed by atoms with Crippen LogP contribution in [-0.4, -0.2) is 49.3 Å². The maximum Gasteiger partial charge on any atom is 0.116 e. The molecule has 1 fully saturated rings. The highest BCUT2D eigenvalue weighted by Crippen LogP contribution is 2.28. The molecule has 0 saturated heterocycles. The average molecular weight is 383 g/mol. The van der Waals surface area contributed by atoms with Crippen LogP contribution in [0.2, 0.25) is 0 Å². The van der Waals surface area contributed by atoms with Crippen molar-refractivity contribution in [2.75, 3.05) is 19.8 Å². The van der Waals surface area contributed by atoms with Gasteiger partial charge in [-0.2, -0.15) is 0 Å². The normalized spacial score (nSPS) is 18.4. The topological polar surface area (TPSA) is 47.9 Å². The molecule has 0 bridgehead atoms. The molecule has 1 N–H and O–H groups in total. The molecule has 0 aromatic carbocycles. The second kappa shape index (κ2) is 15.3. The van der Waals surface area contributed by atoms with Crippen LogP contribution in [0.5, 0.6) is 0 Å². The largest absolute Gasteiger partial charge is 0.386 e. The van der Waals surface area contributed by atoms with Gasteiger partial charge >= 0.3 is 0 Å². The Kier molecular flexibility index (Phi) is 13.8. The molecule has 1 rings (SSSR count). The van der Waals surface area contributed by atoms with Gasteiger partial charge in [0, 0.05) is 19.8 Å². The van der Waals surface area contributed by atoms with Crippen LogP contribution in [0.1, 0.15) is 78.6 Å². The zero-order valence-corrected chi connectivity index (χ0v) is 17.8. The van der Waals surface area contributed by atoms with Gasteiger partial charge in [-0.25, -0.2) is 0 Å². The fourth-order valence-electron chi connectivity index (χ4n) is 3.01. The first kappa shape index (κ1) is 24.4. The molecule has 0 heterocycles. The summed E-state index contributed by atoms with van der Waals surface area (Å²) in [6.45, 7) is 12.2. The molecule has 0 aliphatic heterocycles. The smallest absolute Gasteiger partial charge is 0.116 e. The molecule has 4 nitrogen and oxygen atoms in total. The van der Waals surface area contributed by atoms with Crippen molar-refractivity contribution in [1.29, 1.82) is 0 Å². The number of hydrogen-bond donors (Lipinski definition) is 1. The van der Waals surface area contributed by atoms with E-state index in [-0.39, 0.29) is 12.2 Å². The van der Waals surface area contributed by atoms with Gasteiger partial charge in [-0.15, -0.1) is 6.58 Å². The van der Waals surface area contributed by atoms with Crippen LogP contribution >= 0.6 is 0 Å². The molecule has 0 amide bonds. The Morgan fingerprint density at radius 2 is 1.41 bits per heavy atom. The van der Waals surface area contributed by atoms with Crippen molar-refractivity contribution in [1.82, 2.24) is 0 Å². The Labute approximate surface area is 167 Å². The minimum Gasteiger partial charge on any atom is -0.386 e. The second-order valence-electron chi connectivity index (χ2n) is 7.47. The lowest BCUT2D eigenvalue weighted by Gasteiger charge is -2.35. The molecule has 27 heavy (non-hydrogen) atoms. The Morgan fingerprint density at radius 3 is 1.85 bits per heavy atom. The SMILES string of the molecule is C=CC(O)[C@@H](OCCCC)C(OCCCC)C(C=C1CCC1)OCCCC. The van der Waals surface area contributed by atoms with Crippen molar-refractivity contribution in [3.05, 3.63) is 24.3 Å². The highest BCUT2D eigenvalue weighted by Gasteiger charge is 2.35. The molecule has 0 spiro atoms. The quantitative estimate of drug-likeness (QED) is 0.277. The van der Waals surface area contributed by atoms with Crippen LogP contribution < -0.4 is 0 Å². The maximum absolute atomic E-state index is 10.6. The zero-order chi connectivity index (χ0) is 19.9. The third kappa shape index (κ3) is 9.38. The summed E-state index contributed by atoms with van der Waals surface area (Å²) in [5.74, 6) is 0. The van der Waals surface area contributed by atoms with Crippen molar-refractivity contribution < 1.29 is 19.3 Å². The predicted molar refractivity (Wildman–Crippen MR) is 112 cm³/mol. The number of rotatable bonds is 17. The van der Waals surface area contributed by atoms with Crippen molar-refractivity contribution in [3.8, 4) is 0 Å². The number of aliphatic hydroxyl groups excluding tert-OH is 1. The van der Waals surface area contributed by atoms with Gasteiger partial charge in [-0.05, 0) is 38.5 Å². The molecule has 1 aliphatic carbocycles. The average Bonchev–Trinajstić information content (AvgIpc) is 2.64. The molecule has 0 radical (unpaired) electrons. The third-order valence-corrected chi connectivity index (χ3v) is 5.05. The summed E-state index contributed by atoms with van der Waals surface area (Å²) in [4.78, 5) is 0. The van der Waals surface area contributed by atoms with E-state index in [9.17, 15) is 5.11 Å². The van der Waals surface area contributed by atoms with Gasteiger partial charge in [-0.3, -0.25) is 0 Å². The minimum atomic E-state index is -0.773. The Morgan fingerprint density at radius 1 is 0.889 bits per heavy atom. The summed E-state index contributed by atoms with van der Waals surface area (Å²) in [5.41, 5.74) is 1.43. The fraction of sp³-hybridized carbons (Fsp3) is 0.826. The van der Waals surface area contributed by atoms with Gasteiger partial charge < -0.3 is 19.3 Å². The highest BCUT2D eigenvalue weighted by molar-refractivity contribution is 5.14. The van der Waals surface area contributed by atoms with Gasteiger partial charge in [-0.1, -0.05) is 57.8 Å². The summed E-state index contributed by atoms with van der Waals surface area (Å²) in [6, 6.07) is 0. The zero-order valence-electron chi connectivity index (χ0n) is 17.8. The first-order chi connectivity index (χ1) is 13.2. The number of ether oxygens (including phenoxy) is 3. The molecule has 1 saturated carbocycles. The first-order valence-electron chi connectivity index (χ1n) is 11.0. The van der Waals surface area contributed by atoms with Gasteiger partial charge in [0.1, 0.15) is 24.4 Å². The van der Waals surface area contributed by atoms with E-state index < -0.39 is 12.2 Å². The van der Waals surface area contributed by atoms with Crippen molar-refractivity contribution in [3.63, 3.8) is 0 Å². The van der Waals surface area contributed by atoms with E-state index in [4.69, 9.17) is 14.2 Å². The molecular weight excluding hydrogens is 340 g/mol. The van der Waals surface area contributed by atoms with Crippen molar-refractivity contribution >= 4 is 0 Å². The Balaban J connectivity index is 2.97. The Hall–Kier alpha value is -0.680. The van der Waals surface area contributed by atoms with Crippen LogP contribution in [0.3, 0.4) is 0 Å². The first-order valence-corrected chi connectivity index (χ1v) is 11.0. The van der Waals surface area contributed by atoms with Gasteiger partial charge in [0.05, 0.1) is 0 Å². The number of aliphatic hydroxyl groups is 1. The van der Waals surface area contributed by atoms with Crippen molar-refractivity contribution in [2.24, 2.45) is 0 Å².